The molecule has 1 aliphatic carbocycles. The number of likely N-dealkylation sites (tertiary alicyclic amines) is 1. The molecule has 1 saturated heterocycles. The molecule has 2 atom stereocenters. The molecule has 0 bridgehead atoms. The highest BCUT2D eigenvalue weighted by atomic mass is 19.4. The molecular weight excluding hydrogens is 511 g/mol. The minimum absolute atomic E-state index is 0.0272. The Kier molecular flexibility index (Phi) is 8.94. The van der Waals surface area contributed by atoms with Gasteiger partial charge in [-0.3, -0.25) is 9.59 Å². The van der Waals surface area contributed by atoms with Crippen molar-refractivity contribution in [3.8, 4) is 0 Å². The van der Waals surface area contributed by atoms with E-state index < -0.39 is 23.7 Å². The first-order valence-electron chi connectivity index (χ1n) is 13.4. The minimum atomic E-state index is -4.66. The minimum Gasteiger partial charge on any atom is -0.366 e. The lowest BCUT2D eigenvalue weighted by molar-refractivity contribution is -0.137. The van der Waals surface area contributed by atoms with E-state index in [-0.39, 0.29) is 29.6 Å². The molecule has 1 aromatic heterocycles. The molecule has 2 aliphatic rings. The molecule has 9 nitrogen and oxygen atoms in total. The van der Waals surface area contributed by atoms with Gasteiger partial charge in [0.1, 0.15) is 11.4 Å². The van der Waals surface area contributed by atoms with E-state index in [1.165, 1.54) is 0 Å². The molecule has 2 heterocycles. The number of amides is 2. The van der Waals surface area contributed by atoms with E-state index in [2.05, 4.69) is 37.9 Å². The zero-order chi connectivity index (χ0) is 28.2. The molecule has 12 heteroatoms. The second-order valence-corrected chi connectivity index (χ2v) is 10.3. The largest absolute Gasteiger partial charge is 0.421 e. The topological polar surface area (TPSA) is 102 Å². The molecule has 0 unspecified atom stereocenters. The van der Waals surface area contributed by atoms with E-state index in [4.69, 9.17) is 0 Å². The summed E-state index contributed by atoms with van der Waals surface area (Å²) in [6.07, 6.45) is -0.193. The van der Waals surface area contributed by atoms with Crippen molar-refractivity contribution < 1.29 is 22.8 Å². The van der Waals surface area contributed by atoms with Crippen LogP contribution < -0.4 is 16.0 Å². The number of aromatic nitrogens is 2. The van der Waals surface area contributed by atoms with Gasteiger partial charge >= 0.3 is 6.18 Å². The number of rotatable bonds is 8. The summed E-state index contributed by atoms with van der Waals surface area (Å²) in [6, 6.07) is 6.42. The molecule has 0 spiro atoms. The molecule has 4 rings (SSSR count). The molecule has 1 saturated carbocycles. The second kappa shape index (κ2) is 12.2. The van der Waals surface area contributed by atoms with Crippen molar-refractivity contribution in [1.29, 1.82) is 0 Å². The zero-order valence-electron chi connectivity index (χ0n) is 22.5. The third-order valence-electron chi connectivity index (χ3n) is 7.56. The number of carbonyl (C=O) groups excluding carboxylic acids is 2. The summed E-state index contributed by atoms with van der Waals surface area (Å²) in [7, 11) is 3.89. The number of piperidine rings is 1. The van der Waals surface area contributed by atoms with E-state index in [9.17, 15) is 22.8 Å². The number of hydrogen-bond donors (Lipinski definition) is 3. The maximum Gasteiger partial charge on any atom is 0.421 e. The van der Waals surface area contributed by atoms with Gasteiger partial charge in [0.05, 0.1) is 5.92 Å². The van der Waals surface area contributed by atoms with Crippen molar-refractivity contribution in [1.82, 2.24) is 25.1 Å². The highest BCUT2D eigenvalue weighted by Crippen LogP contribution is 2.36. The molecule has 2 fully saturated rings. The standard InChI is InChI=1S/C27H36F3N7O2/c1-4-31-24(38)20-6-5-7-22(20)34-23-21(27(28,29)30)16-32-26(35-23)33-18-10-8-17(9-11-18)25(39)37(3)19-12-14-36(2)15-13-19/h8-11,16,19-20,22H,4-7,12-15H2,1-3H3,(H,31,38)(H2,32,33,34,35)/t20-,22+/m0/s1. The molecule has 1 aromatic carbocycles. The first-order chi connectivity index (χ1) is 18.6. The predicted octanol–water partition coefficient (Wildman–Crippen LogP) is 4.12. The van der Waals surface area contributed by atoms with Gasteiger partial charge in [-0.2, -0.15) is 18.2 Å². The van der Waals surface area contributed by atoms with Crippen LogP contribution in [-0.2, 0) is 11.0 Å². The summed E-state index contributed by atoms with van der Waals surface area (Å²) >= 11 is 0. The number of nitrogens with one attached hydrogen (secondary N) is 3. The molecule has 0 radical (unpaired) electrons. The third kappa shape index (κ3) is 6.97. The van der Waals surface area contributed by atoms with E-state index in [0.29, 0.717) is 30.6 Å². The Morgan fingerprint density at radius 2 is 1.79 bits per heavy atom. The number of benzene rings is 1. The molecule has 1 aliphatic heterocycles. The fourth-order valence-electron chi connectivity index (χ4n) is 5.26. The van der Waals surface area contributed by atoms with Crippen LogP contribution in [0.4, 0.5) is 30.6 Å². The summed E-state index contributed by atoms with van der Waals surface area (Å²) in [5.41, 5.74) is 0.0584. The van der Waals surface area contributed by atoms with Crippen molar-refractivity contribution in [3.05, 3.63) is 41.6 Å². The van der Waals surface area contributed by atoms with Gasteiger partial charge in [0.15, 0.2) is 0 Å². The normalized spacial score (nSPS) is 20.5. The average molecular weight is 548 g/mol. The highest BCUT2D eigenvalue weighted by molar-refractivity contribution is 5.94. The first-order valence-corrected chi connectivity index (χ1v) is 13.4. The molecule has 39 heavy (non-hydrogen) atoms. The lowest BCUT2D eigenvalue weighted by Gasteiger charge is -2.35. The Hall–Kier alpha value is -3.41. The molecule has 2 aromatic rings. The van der Waals surface area contributed by atoms with Crippen LogP contribution in [0.25, 0.3) is 0 Å². The number of hydrogen-bond acceptors (Lipinski definition) is 7. The quantitative estimate of drug-likeness (QED) is 0.457. The van der Waals surface area contributed by atoms with Crippen molar-refractivity contribution >= 4 is 29.3 Å². The third-order valence-corrected chi connectivity index (χ3v) is 7.56. The maximum absolute atomic E-state index is 13.7. The van der Waals surface area contributed by atoms with E-state index in [0.717, 1.165) is 38.5 Å². The molecule has 3 N–H and O–H groups in total. The van der Waals surface area contributed by atoms with Gasteiger partial charge in [0, 0.05) is 43.1 Å². The summed E-state index contributed by atoms with van der Waals surface area (Å²) in [6.45, 7) is 4.15. The van der Waals surface area contributed by atoms with E-state index in [1.807, 2.05) is 7.05 Å². The van der Waals surface area contributed by atoms with Crippen LogP contribution in [0.1, 0.15) is 54.9 Å². The summed E-state index contributed by atoms with van der Waals surface area (Å²) in [5, 5.41) is 8.56. The monoisotopic (exact) mass is 547 g/mol. The Labute approximate surface area is 226 Å². The Morgan fingerprint density at radius 3 is 2.44 bits per heavy atom. The summed E-state index contributed by atoms with van der Waals surface area (Å²) in [5.74, 6) is -1.08. The van der Waals surface area contributed by atoms with Crippen LogP contribution in [0, 0.1) is 5.92 Å². The highest BCUT2D eigenvalue weighted by Gasteiger charge is 2.38. The smallest absolute Gasteiger partial charge is 0.366 e. The molecular formula is C27H36F3N7O2. The SMILES string of the molecule is CCNC(=O)[C@H]1CCC[C@H]1Nc1nc(Nc2ccc(C(=O)N(C)C3CCN(C)CC3)cc2)ncc1C(F)(F)F. The number of anilines is 3. The Bertz CT molecular complexity index is 1150. The van der Waals surface area contributed by atoms with Gasteiger partial charge in [0.25, 0.3) is 5.91 Å². The Balaban J connectivity index is 1.47. The fourth-order valence-corrected chi connectivity index (χ4v) is 5.26. The predicted molar refractivity (Wildman–Crippen MR) is 143 cm³/mol. The van der Waals surface area contributed by atoms with Crippen LogP contribution in [0.5, 0.6) is 0 Å². The van der Waals surface area contributed by atoms with Crippen LogP contribution in [0.15, 0.2) is 30.5 Å². The van der Waals surface area contributed by atoms with Crippen molar-refractivity contribution in [2.24, 2.45) is 5.92 Å². The molecule has 212 valence electrons. The number of alkyl halides is 3. The first kappa shape index (κ1) is 28.6. The van der Waals surface area contributed by atoms with Crippen molar-refractivity contribution in [2.45, 2.75) is 57.3 Å². The Morgan fingerprint density at radius 1 is 1.10 bits per heavy atom. The molecule has 2 amide bonds. The van der Waals surface area contributed by atoms with Gasteiger partial charge in [-0.1, -0.05) is 6.42 Å². The van der Waals surface area contributed by atoms with Crippen molar-refractivity contribution in [3.63, 3.8) is 0 Å². The average Bonchev–Trinajstić information content (AvgIpc) is 3.36. The summed E-state index contributed by atoms with van der Waals surface area (Å²) < 4.78 is 41.2. The van der Waals surface area contributed by atoms with Gasteiger partial charge in [-0.15, -0.1) is 0 Å². The van der Waals surface area contributed by atoms with Crippen LogP contribution in [-0.4, -0.2) is 77.4 Å². The van der Waals surface area contributed by atoms with Crippen LogP contribution in [0.3, 0.4) is 0 Å². The number of nitrogens with zero attached hydrogens (tertiary/aromatic N) is 4. The van der Waals surface area contributed by atoms with Gasteiger partial charge in [-0.25, -0.2) is 4.98 Å². The second-order valence-electron chi connectivity index (χ2n) is 10.3. The van der Waals surface area contributed by atoms with Gasteiger partial charge in [0.2, 0.25) is 11.9 Å². The summed E-state index contributed by atoms with van der Waals surface area (Å²) in [4.78, 5) is 37.4. The zero-order valence-corrected chi connectivity index (χ0v) is 22.5. The van der Waals surface area contributed by atoms with E-state index in [1.54, 1.807) is 36.1 Å². The van der Waals surface area contributed by atoms with Gasteiger partial charge in [-0.05, 0) is 77.0 Å². The number of carbonyl (C=O) groups is 2. The lowest BCUT2D eigenvalue weighted by atomic mass is 10.0. The van der Waals surface area contributed by atoms with Crippen LogP contribution >= 0.6 is 0 Å². The van der Waals surface area contributed by atoms with E-state index >= 15 is 0 Å². The van der Waals surface area contributed by atoms with Gasteiger partial charge < -0.3 is 25.8 Å². The lowest BCUT2D eigenvalue weighted by Crippen LogP contribution is -2.44. The fraction of sp³-hybridized carbons (Fsp3) is 0.556. The van der Waals surface area contributed by atoms with Crippen molar-refractivity contribution in [2.75, 3.05) is 44.4 Å². The number of halogens is 3. The maximum atomic E-state index is 13.7. The van der Waals surface area contributed by atoms with Crippen LogP contribution in [0.2, 0.25) is 0 Å².